The Bertz CT molecular complexity index is 605. The number of carbonyl (C=O) groups is 1. The van der Waals surface area contributed by atoms with Crippen LogP contribution in [0.5, 0.6) is 0 Å². The van der Waals surface area contributed by atoms with Crippen LogP contribution >= 0.6 is 11.6 Å². The zero-order valence-electron chi connectivity index (χ0n) is 11.0. The van der Waals surface area contributed by atoms with Crippen molar-refractivity contribution in [2.24, 2.45) is 0 Å². The molecular formula is C12H15ClFNO4S. The van der Waals surface area contributed by atoms with Gasteiger partial charge in [0, 0.05) is 17.6 Å². The molecular weight excluding hydrogens is 309 g/mol. The van der Waals surface area contributed by atoms with Gasteiger partial charge in [-0.3, -0.25) is 4.79 Å². The maximum atomic E-state index is 13.8. The lowest BCUT2D eigenvalue weighted by atomic mass is 10.2. The van der Waals surface area contributed by atoms with E-state index in [0.717, 1.165) is 16.4 Å². The predicted molar refractivity (Wildman–Crippen MR) is 72.7 cm³/mol. The van der Waals surface area contributed by atoms with Gasteiger partial charge >= 0.3 is 5.97 Å². The summed E-state index contributed by atoms with van der Waals surface area (Å²) >= 11 is 5.59. The smallest absolute Gasteiger partial charge is 0.304 e. The number of rotatable bonds is 6. The van der Waals surface area contributed by atoms with Crippen LogP contribution in [0.2, 0.25) is 5.02 Å². The number of carboxylic acid groups (broad SMARTS) is 1. The van der Waals surface area contributed by atoms with Crippen molar-refractivity contribution in [1.29, 1.82) is 0 Å². The second-order valence-corrected chi connectivity index (χ2v) is 6.53. The van der Waals surface area contributed by atoms with Gasteiger partial charge in [-0.1, -0.05) is 18.5 Å². The zero-order valence-corrected chi connectivity index (χ0v) is 12.6. The lowest BCUT2D eigenvalue weighted by molar-refractivity contribution is -0.137. The van der Waals surface area contributed by atoms with Crippen molar-refractivity contribution in [2.75, 3.05) is 6.54 Å². The summed E-state index contributed by atoms with van der Waals surface area (Å²) < 4.78 is 39.5. The van der Waals surface area contributed by atoms with Crippen LogP contribution in [0.25, 0.3) is 0 Å². The Morgan fingerprint density at radius 3 is 2.55 bits per heavy atom. The molecule has 0 heterocycles. The van der Waals surface area contributed by atoms with Crippen molar-refractivity contribution in [2.45, 2.75) is 31.2 Å². The summed E-state index contributed by atoms with van der Waals surface area (Å²) in [4.78, 5) is 10.2. The average Bonchev–Trinajstić information content (AvgIpc) is 2.27. The van der Waals surface area contributed by atoms with Gasteiger partial charge in [-0.2, -0.15) is 4.31 Å². The minimum atomic E-state index is -4.11. The number of aliphatic carboxylic acids is 1. The molecule has 1 atom stereocenters. The number of sulfonamides is 1. The third-order valence-corrected chi connectivity index (χ3v) is 5.11. The molecule has 0 saturated carbocycles. The second-order valence-electron chi connectivity index (χ2n) is 4.23. The van der Waals surface area contributed by atoms with Crippen molar-refractivity contribution >= 4 is 27.6 Å². The van der Waals surface area contributed by atoms with Gasteiger partial charge in [-0.05, 0) is 25.1 Å². The van der Waals surface area contributed by atoms with E-state index in [1.807, 2.05) is 0 Å². The topological polar surface area (TPSA) is 74.7 Å². The highest BCUT2D eigenvalue weighted by molar-refractivity contribution is 7.89. The fourth-order valence-corrected chi connectivity index (χ4v) is 3.73. The molecule has 0 spiro atoms. The van der Waals surface area contributed by atoms with E-state index in [0.29, 0.717) is 0 Å². The third kappa shape index (κ3) is 3.68. The van der Waals surface area contributed by atoms with Gasteiger partial charge in [-0.25, -0.2) is 12.8 Å². The molecule has 112 valence electrons. The molecule has 5 nitrogen and oxygen atoms in total. The first-order chi connectivity index (χ1) is 9.20. The quantitative estimate of drug-likeness (QED) is 0.872. The summed E-state index contributed by atoms with van der Waals surface area (Å²) in [7, 11) is -4.11. The fraction of sp³-hybridized carbons (Fsp3) is 0.417. The molecule has 0 radical (unpaired) electrons. The van der Waals surface area contributed by atoms with Crippen LogP contribution in [0, 0.1) is 5.82 Å². The lowest BCUT2D eigenvalue weighted by Gasteiger charge is -2.26. The molecule has 0 fully saturated rings. The van der Waals surface area contributed by atoms with E-state index in [2.05, 4.69) is 0 Å². The molecule has 20 heavy (non-hydrogen) atoms. The number of nitrogens with zero attached hydrogens (tertiary/aromatic N) is 1. The van der Waals surface area contributed by atoms with Gasteiger partial charge < -0.3 is 5.11 Å². The Labute approximate surface area is 122 Å². The molecule has 0 aliphatic heterocycles. The summed E-state index contributed by atoms with van der Waals surface area (Å²) in [5, 5.41) is 8.83. The van der Waals surface area contributed by atoms with Gasteiger partial charge in [0.1, 0.15) is 10.7 Å². The first-order valence-electron chi connectivity index (χ1n) is 5.88. The van der Waals surface area contributed by atoms with E-state index in [1.165, 1.54) is 13.0 Å². The molecule has 0 aliphatic rings. The summed E-state index contributed by atoms with van der Waals surface area (Å²) in [6, 6.07) is 2.47. The van der Waals surface area contributed by atoms with Crippen molar-refractivity contribution < 1.29 is 22.7 Å². The predicted octanol–water partition coefficient (Wildman–Crippen LogP) is 2.35. The third-order valence-electron chi connectivity index (χ3n) is 2.75. The minimum Gasteiger partial charge on any atom is -0.481 e. The normalized spacial score (nSPS) is 13.4. The number of carboxylic acids is 1. The molecule has 0 aliphatic carbocycles. The van der Waals surface area contributed by atoms with Crippen LogP contribution in [0.4, 0.5) is 4.39 Å². The molecule has 1 aromatic rings. The molecule has 1 N–H and O–H groups in total. The second kappa shape index (κ2) is 6.51. The molecule has 1 rings (SSSR count). The minimum absolute atomic E-state index is 0.0405. The number of halogens is 2. The first-order valence-corrected chi connectivity index (χ1v) is 7.70. The largest absolute Gasteiger partial charge is 0.481 e. The van der Waals surface area contributed by atoms with Crippen molar-refractivity contribution in [3.05, 3.63) is 29.0 Å². The van der Waals surface area contributed by atoms with Crippen LogP contribution in [0.3, 0.4) is 0 Å². The molecule has 0 saturated heterocycles. The summed E-state index contributed by atoms with van der Waals surface area (Å²) in [6.45, 7) is 3.06. The van der Waals surface area contributed by atoms with Crippen molar-refractivity contribution in [1.82, 2.24) is 4.31 Å². The molecule has 0 amide bonds. The SMILES string of the molecule is CCN(C(C)CC(=O)O)S(=O)(=O)c1ccc(Cl)cc1F. The van der Waals surface area contributed by atoms with Crippen molar-refractivity contribution in [3.8, 4) is 0 Å². The molecule has 1 aromatic carbocycles. The molecule has 0 bridgehead atoms. The molecule has 1 unspecified atom stereocenters. The molecule has 8 heteroatoms. The van der Waals surface area contributed by atoms with Gasteiger partial charge in [0.05, 0.1) is 6.42 Å². The number of hydrogen-bond donors (Lipinski definition) is 1. The zero-order chi connectivity index (χ0) is 15.5. The van der Waals surface area contributed by atoms with Crippen LogP contribution in [-0.2, 0) is 14.8 Å². The Hall–Kier alpha value is -1.18. The van der Waals surface area contributed by atoms with E-state index < -0.39 is 32.7 Å². The molecule has 0 aromatic heterocycles. The fourth-order valence-electron chi connectivity index (χ4n) is 1.88. The monoisotopic (exact) mass is 323 g/mol. The van der Waals surface area contributed by atoms with E-state index >= 15 is 0 Å². The maximum Gasteiger partial charge on any atom is 0.304 e. The van der Waals surface area contributed by atoms with Gasteiger partial charge in [0.15, 0.2) is 0 Å². The Morgan fingerprint density at radius 2 is 2.10 bits per heavy atom. The highest BCUT2D eigenvalue weighted by Gasteiger charge is 2.31. The Kier molecular flexibility index (Phi) is 5.50. The van der Waals surface area contributed by atoms with Crippen LogP contribution < -0.4 is 0 Å². The van der Waals surface area contributed by atoms with Gasteiger partial charge in [0.25, 0.3) is 0 Å². The van der Waals surface area contributed by atoms with Crippen molar-refractivity contribution in [3.63, 3.8) is 0 Å². The highest BCUT2D eigenvalue weighted by atomic mass is 35.5. The van der Waals surface area contributed by atoms with E-state index in [1.54, 1.807) is 6.92 Å². The Morgan fingerprint density at radius 1 is 1.50 bits per heavy atom. The van der Waals surface area contributed by atoms with E-state index in [9.17, 15) is 17.6 Å². The number of hydrogen-bond acceptors (Lipinski definition) is 3. The van der Waals surface area contributed by atoms with Crippen LogP contribution in [0.1, 0.15) is 20.3 Å². The van der Waals surface area contributed by atoms with Crippen LogP contribution in [0.15, 0.2) is 23.1 Å². The van der Waals surface area contributed by atoms with Crippen LogP contribution in [-0.4, -0.2) is 36.4 Å². The first kappa shape index (κ1) is 16.9. The lowest BCUT2D eigenvalue weighted by Crippen LogP contribution is -2.39. The van der Waals surface area contributed by atoms with E-state index in [-0.39, 0.29) is 18.0 Å². The average molecular weight is 324 g/mol. The highest BCUT2D eigenvalue weighted by Crippen LogP contribution is 2.24. The van der Waals surface area contributed by atoms with Gasteiger partial charge in [0.2, 0.25) is 10.0 Å². The Balaban J connectivity index is 3.21. The number of benzene rings is 1. The standard InChI is InChI=1S/C12H15ClFNO4S/c1-3-15(8(2)6-12(16)17)20(18,19)11-5-4-9(13)7-10(11)14/h4-5,7-8H,3,6H2,1-2H3,(H,16,17). The summed E-state index contributed by atoms with van der Waals surface area (Å²) in [6.07, 6.45) is -0.359. The van der Waals surface area contributed by atoms with Gasteiger partial charge in [-0.15, -0.1) is 0 Å². The summed E-state index contributed by atoms with van der Waals surface area (Å²) in [5.41, 5.74) is 0. The summed E-state index contributed by atoms with van der Waals surface area (Å²) in [5.74, 6) is -2.08. The van der Waals surface area contributed by atoms with E-state index in [4.69, 9.17) is 16.7 Å². The maximum absolute atomic E-state index is 13.8.